The second-order valence-electron chi connectivity index (χ2n) is 6.07. The van der Waals surface area contributed by atoms with Crippen molar-refractivity contribution in [2.24, 2.45) is 0 Å². The summed E-state index contributed by atoms with van der Waals surface area (Å²) in [5.41, 5.74) is 1.37. The first kappa shape index (κ1) is 17.1. The van der Waals surface area contributed by atoms with E-state index in [1.54, 1.807) is 37.8 Å². The summed E-state index contributed by atoms with van der Waals surface area (Å²) in [6, 6.07) is 3.73. The molecule has 2 aromatic heterocycles. The molecule has 0 atom stereocenters. The summed E-state index contributed by atoms with van der Waals surface area (Å²) in [5, 5.41) is 3.10. The Morgan fingerprint density at radius 3 is 2.48 bits per heavy atom. The van der Waals surface area contributed by atoms with Crippen LogP contribution in [-0.2, 0) is 0 Å². The molecule has 2 heterocycles. The highest BCUT2D eigenvalue weighted by Gasteiger charge is 2.25. The minimum absolute atomic E-state index is 0.0545. The lowest BCUT2D eigenvalue weighted by Crippen LogP contribution is -2.40. The predicted molar refractivity (Wildman–Crippen MR) is 91.7 cm³/mol. The molecule has 1 N–H and O–H groups in total. The summed E-state index contributed by atoms with van der Waals surface area (Å²) in [7, 11) is 1.55. The zero-order valence-electron chi connectivity index (χ0n) is 14.4. The van der Waals surface area contributed by atoms with Crippen LogP contribution in [0.2, 0.25) is 0 Å². The molecule has 132 valence electrons. The smallest absolute Gasteiger partial charge is 0.278 e. The van der Waals surface area contributed by atoms with Crippen molar-refractivity contribution in [3.8, 4) is 11.8 Å². The monoisotopic (exact) mass is 342 g/mol. The lowest BCUT2D eigenvalue weighted by Gasteiger charge is -2.29. The number of aryl methyl sites for hydroxylation is 1. The number of hydrogen-bond donors (Lipinski definition) is 1. The van der Waals surface area contributed by atoms with Crippen molar-refractivity contribution in [3.05, 3.63) is 42.0 Å². The van der Waals surface area contributed by atoms with Gasteiger partial charge in [0.2, 0.25) is 0 Å². The van der Waals surface area contributed by atoms with Crippen LogP contribution in [0.25, 0.3) is 0 Å². The molecule has 0 saturated heterocycles. The molecule has 0 bridgehead atoms. The van der Waals surface area contributed by atoms with E-state index in [0.29, 0.717) is 17.3 Å². The Hall–Kier alpha value is -2.70. The third kappa shape index (κ3) is 4.23. The fourth-order valence-electron chi connectivity index (χ4n) is 3.00. The summed E-state index contributed by atoms with van der Waals surface area (Å²) in [6.45, 7) is 1.84. The largest absolute Gasteiger partial charge is 0.477 e. The number of nitrogens with one attached hydrogen (secondary N) is 1. The zero-order chi connectivity index (χ0) is 17.6. The lowest BCUT2D eigenvalue weighted by molar-refractivity contribution is 0.0885. The van der Waals surface area contributed by atoms with Gasteiger partial charge in [0.25, 0.3) is 17.7 Å². The van der Waals surface area contributed by atoms with Gasteiger partial charge in [-0.1, -0.05) is 0 Å². The van der Waals surface area contributed by atoms with Gasteiger partial charge < -0.3 is 14.8 Å². The van der Waals surface area contributed by atoms with Gasteiger partial charge in [-0.05, 0) is 44.7 Å². The molecule has 1 aliphatic carbocycles. The Morgan fingerprint density at radius 2 is 1.80 bits per heavy atom. The molecule has 1 aliphatic rings. The van der Waals surface area contributed by atoms with Crippen molar-refractivity contribution in [1.82, 2.24) is 20.3 Å². The van der Waals surface area contributed by atoms with Crippen LogP contribution < -0.4 is 14.8 Å². The molecule has 1 fully saturated rings. The van der Waals surface area contributed by atoms with E-state index < -0.39 is 0 Å². The summed E-state index contributed by atoms with van der Waals surface area (Å²) in [5.74, 6) is 0.749. The maximum Gasteiger partial charge on any atom is 0.278 e. The maximum absolute atomic E-state index is 12.4. The molecule has 1 amide bonds. The van der Waals surface area contributed by atoms with Gasteiger partial charge in [0, 0.05) is 30.3 Å². The highest BCUT2D eigenvalue weighted by atomic mass is 16.5. The Bertz CT molecular complexity index is 730. The summed E-state index contributed by atoms with van der Waals surface area (Å²) < 4.78 is 11.1. The van der Waals surface area contributed by atoms with Gasteiger partial charge in [-0.25, -0.2) is 9.97 Å². The first-order valence-electron chi connectivity index (χ1n) is 8.41. The molecule has 0 aliphatic heterocycles. The minimum atomic E-state index is -0.0643. The highest BCUT2D eigenvalue weighted by Crippen LogP contribution is 2.27. The summed E-state index contributed by atoms with van der Waals surface area (Å²) in [4.78, 5) is 24.8. The molecule has 25 heavy (non-hydrogen) atoms. The molecule has 1 saturated carbocycles. The second-order valence-corrected chi connectivity index (χ2v) is 6.07. The van der Waals surface area contributed by atoms with Gasteiger partial charge in [-0.3, -0.25) is 9.78 Å². The maximum atomic E-state index is 12.4. The van der Waals surface area contributed by atoms with Crippen LogP contribution in [0.5, 0.6) is 11.8 Å². The van der Waals surface area contributed by atoms with Gasteiger partial charge in [0.1, 0.15) is 6.10 Å². The van der Waals surface area contributed by atoms with Crippen LogP contribution in [-0.4, -0.2) is 40.1 Å². The van der Waals surface area contributed by atoms with Crippen molar-refractivity contribution in [1.29, 1.82) is 0 Å². The van der Waals surface area contributed by atoms with Crippen molar-refractivity contribution in [2.75, 3.05) is 7.11 Å². The molecule has 7 nitrogen and oxygen atoms in total. The van der Waals surface area contributed by atoms with Crippen molar-refractivity contribution < 1.29 is 14.3 Å². The molecule has 3 rings (SSSR count). The second kappa shape index (κ2) is 7.92. The number of amides is 1. The van der Waals surface area contributed by atoms with Gasteiger partial charge in [-0.2, -0.15) is 0 Å². The van der Waals surface area contributed by atoms with E-state index in [0.717, 1.165) is 31.4 Å². The van der Waals surface area contributed by atoms with Gasteiger partial charge in [0.15, 0.2) is 0 Å². The van der Waals surface area contributed by atoms with Gasteiger partial charge in [-0.15, -0.1) is 0 Å². The third-order valence-corrected chi connectivity index (χ3v) is 4.37. The van der Waals surface area contributed by atoms with E-state index in [2.05, 4.69) is 20.3 Å². The average molecular weight is 342 g/mol. The molecule has 0 aromatic carbocycles. The number of pyridine rings is 1. The topological polar surface area (TPSA) is 86.2 Å². The van der Waals surface area contributed by atoms with Gasteiger partial charge >= 0.3 is 0 Å². The number of aromatic nitrogens is 3. The van der Waals surface area contributed by atoms with Crippen LogP contribution in [0.4, 0.5) is 0 Å². The molecular formula is C18H22N4O3. The van der Waals surface area contributed by atoms with Crippen molar-refractivity contribution in [2.45, 2.75) is 44.8 Å². The van der Waals surface area contributed by atoms with Crippen LogP contribution >= 0.6 is 0 Å². The van der Waals surface area contributed by atoms with Crippen molar-refractivity contribution >= 4 is 5.91 Å². The first-order valence-corrected chi connectivity index (χ1v) is 8.41. The van der Waals surface area contributed by atoms with E-state index in [-0.39, 0.29) is 18.1 Å². The minimum Gasteiger partial charge on any atom is -0.477 e. The molecule has 0 unspecified atom stereocenters. The predicted octanol–water partition coefficient (Wildman–Crippen LogP) is 2.31. The Labute approximate surface area is 146 Å². The Balaban J connectivity index is 1.52. The zero-order valence-corrected chi connectivity index (χ0v) is 14.4. The Kier molecular flexibility index (Phi) is 5.42. The molecule has 2 aromatic rings. The Morgan fingerprint density at radius 1 is 1.08 bits per heavy atom. The van der Waals surface area contributed by atoms with Crippen LogP contribution in [0.15, 0.2) is 30.7 Å². The number of methoxy groups -OCH3 is 1. The number of carbonyl (C=O) groups is 1. The van der Waals surface area contributed by atoms with E-state index >= 15 is 0 Å². The normalized spacial score (nSPS) is 19.9. The molecule has 7 heteroatoms. The van der Waals surface area contributed by atoms with E-state index in [9.17, 15) is 4.79 Å². The van der Waals surface area contributed by atoms with Crippen LogP contribution in [0, 0.1) is 6.92 Å². The first-order chi connectivity index (χ1) is 12.2. The SMILES string of the molecule is COc1nccnc1OC1CCC(NC(=O)c2cccnc2C)CC1. The van der Waals surface area contributed by atoms with Crippen LogP contribution in [0.1, 0.15) is 41.7 Å². The number of nitrogens with zero attached hydrogens (tertiary/aromatic N) is 3. The van der Waals surface area contributed by atoms with E-state index in [1.807, 2.05) is 6.92 Å². The summed E-state index contributed by atoms with van der Waals surface area (Å²) in [6.07, 6.45) is 8.30. The highest BCUT2D eigenvalue weighted by molar-refractivity contribution is 5.95. The summed E-state index contributed by atoms with van der Waals surface area (Å²) >= 11 is 0. The molecule has 0 spiro atoms. The van der Waals surface area contributed by atoms with E-state index in [4.69, 9.17) is 9.47 Å². The number of hydrogen-bond acceptors (Lipinski definition) is 6. The standard InChI is InChI=1S/C18H22N4O3/c1-12-15(4-3-9-19-12)16(23)22-13-5-7-14(8-6-13)25-18-17(24-2)20-10-11-21-18/h3-4,9-11,13-14H,5-8H2,1-2H3,(H,22,23). The molecular weight excluding hydrogens is 320 g/mol. The molecule has 0 radical (unpaired) electrons. The number of rotatable bonds is 5. The van der Waals surface area contributed by atoms with E-state index in [1.165, 1.54) is 0 Å². The quantitative estimate of drug-likeness (QED) is 0.897. The fraction of sp³-hybridized carbons (Fsp3) is 0.444. The lowest BCUT2D eigenvalue weighted by atomic mass is 9.92. The fourth-order valence-corrected chi connectivity index (χ4v) is 3.00. The van der Waals surface area contributed by atoms with Gasteiger partial charge in [0.05, 0.1) is 12.7 Å². The van der Waals surface area contributed by atoms with Crippen molar-refractivity contribution in [3.63, 3.8) is 0 Å². The number of ether oxygens (including phenoxy) is 2. The number of carbonyl (C=O) groups excluding carboxylic acids is 1. The average Bonchev–Trinajstić information content (AvgIpc) is 2.64. The van der Waals surface area contributed by atoms with Crippen LogP contribution in [0.3, 0.4) is 0 Å². The third-order valence-electron chi connectivity index (χ3n) is 4.37.